The monoisotopic (exact) mass is 134 g/mol. The molecule has 0 atom stereocenters. The molecule has 0 saturated carbocycles. The molecule has 0 aromatic rings. The Morgan fingerprint density at radius 2 is 1.00 bits per heavy atom. The smallest absolute Gasteiger partial charge is 1.00 e. The number of hydrogen-bond acceptors (Lipinski definition) is 4. The van der Waals surface area contributed by atoms with Gasteiger partial charge >= 0.3 is 27.9 Å². The van der Waals surface area contributed by atoms with Crippen molar-refractivity contribution in [1.82, 2.24) is 0 Å². The average molecular weight is 134 g/mol. The van der Waals surface area contributed by atoms with E-state index in [-0.39, 0.29) is 37.6 Å². The van der Waals surface area contributed by atoms with Crippen molar-refractivity contribution in [2.75, 3.05) is 0 Å². The molecule has 0 aliphatic rings. The molecule has 40 valence electrons. The predicted octanol–water partition coefficient (Wildman–Crippen LogP) is -6.68. The van der Waals surface area contributed by atoms with Crippen molar-refractivity contribution in [1.29, 1.82) is 0 Å². The normalized spacial score (nSPS) is 8.57. The Balaban J connectivity index is -0.0000000267. The quantitative estimate of drug-likeness (QED) is 0.248. The molecule has 0 unspecified atom stereocenters. The first-order valence-electron chi connectivity index (χ1n) is 0.894. The van der Waals surface area contributed by atoms with Crippen LogP contribution in [0.1, 0.15) is 1.43 Å². The second kappa shape index (κ2) is 5.33. The van der Waals surface area contributed by atoms with Crippen molar-refractivity contribution in [3.8, 4) is 0 Å². The fourth-order valence-corrected chi connectivity index (χ4v) is 0. The van der Waals surface area contributed by atoms with Gasteiger partial charge in [-0.15, -0.1) is 0 Å². The van der Waals surface area contributed by atoms with Gasteiger partial charge in [-0.05, 0) is 0 Å². The predicted molar refractivity (Wildman–Crippen MR) is 25.7 cm³/mol. The molecule has 0 heterocycles. The van der Waals surface area contributed by atoms with Gasteiger partial charge in [0.05, 0.1) is 0 Å². The van der Waals surface area contributed by atoms with E-state index in [0.29, 0.717) is 0 Å². The molecule has 0 bridgehead atoms. The maximum Gasteiger partial charge on any atom is 1.00 e. The SMILES string of the molecule is O[Si](O)(O)O.[AlH3].[H-].[Li+]. The summed E-state index contributed by atoms with van der Waals surface area (Å²) in [7, 11) is -4.61. The molecule has 0 aliphatic carbocycles. The molecule has 7 heteroatoms. The van der Waals surface area contributed by atoms with Crippen LogP contribution in [0.3, 0.4) is 0 Å². The van der Waals surface area contributed by atoms with Crippen molar-refractivity contribution in [2.24, 2.45) is 0 Å². The Hall–Kier alpha value is 1.19. The van der Waals surface area contributed by atoms with Gasteiger partial charge in [0.1, 0.15) is 0 Å². The minimum Gasteiger partial charge on any atom is -1.00 e. The number of hydrogen-bond donors (Lipinski definition) is 4. The van der Waals surface area contributed by atoms with E-state index in [0.717, 1.165) is 0 Å². The molecule has 0 saturated heterocycles. The molecule has 0 spiro atoms. The van der Waals surface area contributed by atoms with Gasteiger partial charge in [-0.3, -0.25) is 0 Å². The van der Waals surface area contributed by atoms with Crippen LogP contribution in [0.5, 0.6) is 0 Å². The van der Waals surface area contributed by atoms with Crippen LogP contribution in [0, 0.1) is 0 Å². The number of rotatable bonds is 0. The molecule has 0 aromatic heterocycles. The van der Waals surface area contributed by atoms with Crippen LogP contribution in [0.2, 0.25) is 0 Å². The Bertz CT molecular complexity index is 31.5. The van der Waals surface area contributed by atoms with Gasteiger partial charge in [-0.1, -0.05) is 0 Å². The summed E-state index contributed by atoms with van der Waals surface area (Å²) in [5.74, 6) is 0. The molecule has 0 rings (SSSR count). The van der Waals surface area contributed by atoms with E-state index in [4.69, 9.17) is 19.2 Å². The fourth-order valence-electron chi connectivity index (χ4n) is 0. The Kier molecular flexibility index (Phi) is 12.0. The summed E-state index contributed by atoms with van der Waals surface area (Å²) in [6.45, 7) is 0. The summed E-state index contributed by atoms with van der Waals surface area (Å²) in [5, 5.41) is 0. The van der Waals surface area contributed by atoms with Crippen molar-refractivity contribution in [3.63, 3.8) is 0 Å². The van der Waals surface area contributed by atoms with Crippen molar-refractivity contribution in [3.05, 3.63) is 0 Å². The van der Waals surface area contributed by atoms with E-state index < -0.39 is 9.05 Å². The molecular formula is H8AlLiO4Si. The molecule has 0 fully saturated rings. The molecule has 0 aromatic carbocycles. The molecule has 4 nitrogen and oxygen atoms in total. The second-order valence-electron chi connectivity index (χ2n) is 0.600. The van der Waals surface area contributed by atoms with E-state index in [1.54, 1.807) is 0 Å². The Morgan fingerprint density at radius 3 is 1.00 bits per heavy atom. The molecule has 0 amide bonds. The fraction of sp³-hybridized carbons (Fsp3) is 0. The molecular weight excluding hydrogens is 126 g/mol. The molecule has 7 heavy (non-hydrogen) atoms. The Morgan fingerprint density at radius 1 is 1.00 bits per heavy atom. The standard InChI is InChI=1S/Al.Li.H4O4Si.4H/c;;1-5(2,3)4;;;;/h;;1-4H;;;;/q;+1;;;;;-1. The first-order valence-corrected chi connectivity index (χ1v) is 2.68. The zero-order valence-electron chi connectivity index (χ0n) is 4.29. The van der Waals surface area contributed by atoms with E-state index >= 15 is 0 Å². The summed E-state index contributed by atoms with van der Waals surface area (Å²) >= 11 is 0. The van der Waals surface area contributed by atoms with E-state index in [9.17, 15) is 0 Å². The van der Waals surface area contributed by atoms with Crippen LogP contribution in [0.4, 0.5) is 0 Å². The van der Waals surface area contributed by atoms with Gasteiger partial charge in [0.25, 0.3) is 0 Å². The van der Waals surface area contributed by atoms with Crippen molar-refractivity contribution >= 4 is 26.4 Å². The summed E-state index contributed by atoms with van der Waals surface area (Å²) in [6, 6.07) is 0. The van der Waals surface area contributed by atoms with Gasteiger partial charge in [-0.2, -0.15) is 0 Å². The van der Waals surface area contributed by atoms with Gasteiger partial charge in [0, 0.05) is 0 Å². The van der Waals surface area contributed by atoms with E-state index in [1.807, 2.05) is 0 Å². The second-order valence-corrected chi connectivity index (χ2v) is 1.80. The van der Waals surface area contributed by atoms with Crippen LogP contribution >= 0.6 is 0 Å². The Labute approximate surface area is 66.1 Å². The van der Waals surface area contributed by atoms with Crippen LogP contribution in [-0.4, -0.2) is 45.6 Å². The van der Waals surface area contributed by atoms with Crippen molar-refractivity contribution in [2.45, 2.75) is 0 Å². The van der Waals surface area contributed by atoms with E-state index in [2.05, 4.69) is 0 Å². The van der Waals surface area contributed by atoms with Gasteiger partial charge in [0.2, 0.25) is 0 Å². The first kappa shape index (κ1) is 15.7. The zero-order valence-corrected chi connectivity index (χ0v) is 4.29. The third-order valence-electron chi connectivity index (χ3n) is 0. The van der Waals surface area contributed by atoms with Gasteiger partial charge in [-0.25, -0.2) is 0 Å². The first-order chi connectivity index (χ1) is 2.00. The topological polar surface area (TPSA) is 80.9 Å². The van der Waals surface area contributed by atoms with Crippen LogP contribution < -0.4 is 18.9 Å². The minimum absolute atomic E-state index is 0. The molecule has 0 aliphatic heterocycles. The maximum atomic E-state index is 7.33. The van der Waals surface area contributed by atoms with Crippen LogP contribution in [-0.2, 0) is 0 Å². The average Bonchev–Trinajstić information content (AvgIpc) is 0.722. The molecule has 0 radical (unpaired) electrons. The zero-order chi connectivity index (χ0) is 4.50. The third kappa shape index (κ3) is 137. The summed E-state index contributed by atoms with van der Waals surface area (Å²) in [4.78, 5) is 29.3. The summed E-state index contributed by atoms with van der Waals surface area (Å²) < 4.78 is 0. The maximum absolute atomic E-state index is 7.33. The largest absolute Gasteiger partial charge is 1.00 e. The molecule has 4 N–H and O–H groups in total. The summed E-state index contributed by atoms with van der Waals surface area (Å²) in [5.41, 5.74) is 0. The van der Waals surface area contributed by atoms with Gasteiger partial charge < -0.3 is 20.6 Å². The van der Waals surface area contributed by atoms with Crippen molar-refractivity contribution < 1.29 is 39.5 Å². The van der Waals surface area contributed by atoms with Gasteiger partial charge in [0.15, 0.2) is 17.4 Å². The van der Waals surface area contributed by atoms with Crippen LogP contribution in [0.15, 0.2) is 0 Å². The van der Waals surface area contributed by atoms with Crippen LogP contribution in [0.25, 0.3) is 0 Å². The minimum atomic E-state index is -4.61. The van der Waals surface area contributed by atoms with E-state index in [1.165, 1.54) is 0 Å². The third-order valence-corrected chi connectivity index (χ3v) is 0. The summed E-state index contributed by atoms with van der Waals surface area (Å²) in [6.07, 6.45) is 0.